The number of carbonyl (C=O) groups excluding carboxylic acids is 1. The molecule has 6 nitrogen and oxygen atoms in total. The Morgan fingerprint density at radius 2 is 2.00 bits per heavy atom. The first-order valence-electron chi connectivity index (χ1n) is 7.40. The van der Waals surface area contributed by atoms with E-state index in [2.05, 4.69) is 10.6 Å². The van der Waals surface area contributed by atoms with Crippen molar-refractivity contribution in [1.82, 2.24) is 10.6 Å². The van der Waals surface area contributed by atoms with E-state index >= 15 is 0 Å². The first-order chi connectivity index (χ1) is 10.1. The molecule has 1 saturated carbocycles. The van der Waals surface area contributed by atoms with E-state index < -0.39 is 11.4 Å². The molecule has 0 radical (unpaired) electrons. The zero-order valence-corrected chi connectivity index (χ0v) is 12.1. The lowest BCUT2D eigenvalue weighted by molar-refractivity contribution is -0.150. The van der Waals surface area contributed by atoms with Gasteiger partial charge in [-0.15, -0.1) is 0 Å². The van der Waals surface area contributed by atoms with Gasteiger partial charge < -0.3 is 20.2 Å². The molecule has 0 unspecified atom stereocenters. The zero-order chi connectivity index (χ0) is 15.1. The SMILES string of the molecule is O=C(NCCc1ccco1)NCC1(C(=O)O)CCCCC1. The summed E-state index contributed by atoms with van der Waals surface area (Å²) in [5.74, 6) is 0.00247. The topological polar surface area (TPSA) is 91.6 Å². The molecule has 1 aromatic heterocycles. The summed E-state index contributed by atoms with van der Waals surface area (Å²) in [7, 11) is 0. The van der Waals surface area contributed by atoms with Crippen molar-refractivity contribution in [3.8, 4) is 0 Å². The number of hydrogen-bond donors (Lipinski definition) is 3. The molecule has 1 aliphatic carbocycles. The van der Waals surface area contributed by atoms with E-state index in [1.54, 1.807) is 12.3 Å². The van der Waals surface area contributed by atoms with Crippen LogP contribution in [-0.2, 0) is 11.2 Å². The number of aliphatic carboxylic acids is 1. The molecule has 3 N–H and O–H groups in total. The molecule has 1 aromatic rings. The highest BCUT2D eigenvalue weighted by molar-refractivity contribution is 5.78. The molecule has 1 heterocycles. The summed E-state index contributed by atoms with van der Waals surface area (Å²) in [6.07, 6.45) is 6.37. The Morgan fingerprint density at radius 3 is 2.62 bits per heavy atom. The second-order valence-electron chi connectivity index (χ2n) is 5.58. The lowest BCUT2D eigenvalue weighted by atomic mass is 9.74. The van der Waals surface area contributed by atoms with Gasteiger partial charge in [0.15, 0.2) is 0 Å². The fraction of sp³-hybridized carbons (Fsp3) is 0.600. The summed E-state index contributed by atoms with van der Waals surface area (Å²) < 4.78 is 5.17. The summed E-state index contributed by atoms with van der Waals surface area (Å²) in [5.41, 5.74) is -0.795. The fourth-order valence-electron chi connectivity index (χ4n) is 2.76. The van der Waals surface area contributed by atoms with Crippen molar-refractivity contribution in [3.63, 3.8) is 0 Å². The number of rotatable bonds is 6. The van der Waals surface area contributed by atoms with E-state index in [4.69, 9.17) is 4.42 Å². The third-order valence-corrected chi connectivity index (χ3v) is 4.09. The molecular weight excluding hydrogens is 272 g/mol. The minimum atomic E-state index is -0.807. The number of amides is 2. The van der Waals surface area contributed by atoms with E-state index in [-0.39, 0.29) is 12.6 Å². The Kier molecular flexibility index (Phi) is 5.25. The van der Waals surface area contributed by atoms with Crippen LogP contribution >= 0.6 is 0 Å². The minimum Gasteiger partial charge on any atom is -0.481 e. The Morgan fingerprint density at radius 1 is 1.24 bits per heavy atom. The van der Waals surface area contributed by atoms with Gasteiger partial charge in [0.25, 0.3) is 0 Å². The van der Waals surface area contributed by atoms with Crippen molar-refractivity contribution >= 4 is 12.0 Å². The number of nitrogens with one attached hydrogen (secondary N) is 2. The molecule has 0 aromatic carbocycles. The average Bonchev–Trinajstić information content (AvgIpc) is 2.99. The molecule has 0 bridgehead atoms. The normalized spacial score (nSPS) is 17.1. The number of furan rings is 1. The second-order valence-corrected chi connectivity index (χ2v) is 5.58. The number of urea groups is 1. The maximum absolute atomic E-state index is 11.7. The van der Waals surface area contributed by atoms with Crippen molar-refractivity contribution < 1.29 is 19.1 Å². The van der Waals surface area contributed by atoms with E-state index in [1.807, 2.05) is 6.07 Å². The van der Waals surface area contributed by atoms with Gasteiger partial charge in [0.05, 0.1) is 11.7 Å². The molecule has 21 heavy (non-hydrogen) atoms. The van der Waals surface area contributed by atoms with Gasteiger partial charge in [-0.25, -0.2) is 4.79 Å². The average molecular weight is 294 g/mol. The number of hydrogen-bond acceptors (Lipinski definition) is 3. The number of carbonyl (C=O) groups is 2. The standard InChI is InChI=1S/C15H22N2O4/c18-13(19)15(7-2-1-3-8-15)11-17-14(20)16-9-6-12-5-4-10-21-12/h4-5,10H,1-3,6-9,11H2,(H,18,19)(H2,16,17,20). The predicted octanol–water partition coefficient (Wildman–Crippen LogP) is 2.16. The first-order valence-corrected chi connectivity index (χ1v) is 7.40. The van der Waals surface area contributed by atoms with Crippen LogP contribution in [0.5, 0.6) is 0 Å². The van der Waals surface area contributed by atoms with Gasteiger partial charge in [0.2, 0.25) is 0 Å². The molecule has 116 valence electrons. The summed E-state index contributed by atoms with van der Waals surface area (Å²) in [6.45, 7) is 0.647. The summed E-state index contributed by atoms with van der Waals surface area (Å²) in [4.78, 5) is 23.2. The van der Waals surface area contributed by atoms with Crippen LogP contribution in [0.1, 0.15) is 37.9 Å². The third-order valence-electron chi connectivity index (χ3n) is 4.09. The monoisotopic (exact) mass is 294 g/mol. The second kappa shape index (κ2) is 7.15. The molecule has 1 fully saturated rings. The maximum atomic E-state index is 11.7. The molecule has 2 amide bonds. The fourth-order valence-corrected chi connectivity index (χ4v) is 2.76. The molecular formula is C15H22N2O4. The summed E-state index contributed by atoms with van der Waals surface area (Å²) in [6, 6.07) is 3.32. The highest BCUT2D eigenvalue weighted by atomic mass is 16.4. The van der Waals surface area contributed by atoms with Crippen LogP contribution in [0.4, 0.5) is 4.79 Å². The smallest absolute Gasteiger partial charge is 0.314 e. The Bertz CT molecular complexity index is 464. The van der Waals surface area contributed by atoms with Crippen molar-refractivity contribution in [1.29, 1.82) is 0 Å². The lowest BCUT2D eigenvalue weighted by Gasteiger charge is -2.33. The van der Waals surface area contributed by atoms with Gasteiger partial charge >= 0.3 is 12.0 Å². The van der Waals surface area contributed by atoms with Crippen molar-refractivity contribution in [2.24, 2.45) is 5.41 Å². The minimum absolute atomic E-state index is 0.189. The van der Waals surface area contributed by atoms with Crippen LogP contribution in [0.2, 0.25) is 0 Å². The maximum Gasteiger partial charge on any atom is 0.314 e. The Labute approximate surface area is 123 Å². The number of carboxylic acid groups (broad SMARTS) is 1. The number of carboxylic acids is 1. The van der Waals surface area contributed by atoms with Crippen LogP contribution < -0.4 is 10.6 Å². The molecule has 0 spiro atoms. The van der Waals surface area contributed by atoms with Gasteiger partial charge in [-0.2, -0.15) is 0 Å². The summed E-state index contributed by atoms with van der Waals surface area (Å²) in [5, 5.41) is 14.8. The molecule has 1 aliphatic rings. The van der Waals surface area contributed by atoms with Gasteiger partial charge in [-0.05, 0) is 25.0 Å². The lowest BCUT2D eigenvalue weighted by Crippen LogP contribution is -2.47. The largest absolute Gasteiger partial charge is 0.481 e. The Hall–Kier alpha value is -1.98. The molecule has 0 aliphatic heterocycles. The highest BCUT2D eigenvalue weighted by Gasteiger charge is 2.39. The molecule has 0 saturated heterocycles. The van der Waals surface area contributed by atoms with E-state index in [0.717, 1.165) is 25.0 Å². The predicted molar refractivity (Wildman–Crippen MR) is 77.0 cm³/mol. The summed E-state index contributed by atoms with van der Waals surface area (Å²) >= 11 is 0. The Balaban J connectivity index is 1.72. The van der Waals surface area contributed by atoms with Crippen LogP contribution in [0.3, 0.4) is 0 Å². The zero-order valence-electron chi connectivity index (χ0n) is 12.1. The first kappa shape index (κ1) is 15.4. The third kappa shape index (κ3) is 4.24. The van der Waals surface area contributed by atoms with Gasteiger partial charge in [0, 0.05) is 19.5 Å². The highest BCUT2D eigenvalue weighted by Crippen LogP contribution is 2.35. The van der Waals surface area contributed by atoms with Crippen molar-refractivity contribution in [2.75, 3.05) is 13.1 Å². The van der Waals surface area contributed by atoms with E-state index in [9.17, 15) is 14.7 Å². The van der Waals surface area contributed by atoms with Crippen molar-refractivity contribution in [2.45, 2.75) is 38.5 Å². The van der Waals surface area contributed by atoms with E-state index in [0.29, 0.717) is 25.8 Å². The molecule has 0 atom stereocenters. The van der Waals surface area contributed by atoms with Crippen LogP contribution in [0.25, 0.3) is 0 Å². The van der Waals surface area contributed by atoms with Gasteiger partial charge in [-0.3, -0.25) is 4.79 Å². The van der Waals surface area contributed by atoms with Crippen LogP contribution in [-0.4, -0.2) is 30.2 Å². The van der Waals surface area contributed by atoms with Crippen LogP contribution in [0, 0.1) is 5.41 Å². The quantitative estimate of drug-likeness (QED) is 0.749. The van der Waals surface area contributed by atoms with E-state index in [1.165, 1.54) is 0 Å². The molecule has 6 heteroatoms. The molecule has 2 rings (SSSR count). The van der Waals surface area contributed by atoms with Crippen molar-refractivity contribution in [3.05, 3.63) is 24.2 Å². The van der Waals surface area contributed by atoms with Crippen LogP contribution in [0.15, 0.2) is 22.8 Å². The van der Waals surface area contributed by atoms with Gasteiger partial charge in [0.1, 0.15) is 5.76 Å². The van der Waals surface area contributed by atoms with Gasteiger partial charge in [-0.1, -0.05) is 19.3 Å².